The van der Waals surface area contributed by atoms with Crippen molar-refractivity contribution in [1.82, 2.24) is 15.3 Å². The lowest BCUT2D eigenvalue weighted by atomic mass is 10.2. The van der Waals surface area contributed by atoms with Crippen molar-refractivity contribution in [2.45, 2.75) is 6.54 Å². The largest absolute Gasteiger partial charge is 0.396 e. The van der Waals surface area contributed by atoms with Gasteiger partial charge in [0.2, 0.25) is 0 Å². The van der Waals surface area contributed by atoms with Crippen LogP contribution in [0.2, 0.25) is 0 Å². The number of fused-ring (bicyclic) bond motifs is 1. The molecule has 0 aliphatic rings. The van der Waals surface area contributed by atoms with E-state index in [0.717, 1.165) is 5.56 Å². The van der Waals surface area contributed by atoms with E-state index in [2.05, 4.69) is 15.3 Å². The highest BCUT2D eigenvalue weighted by molar-refractivity contribution is 7.21. The highest BCUT2D eigenvalue weighted by atomic mass is 32.1. The number of amides is 1. The fraction of sp³-hybridized carbons (Fsp3) is 0.0714. The van der Waals surface area contributed by atoms with E-state index < -0.39 is 0 Å². The molecule has 100 valence electrons. The fourth-order valence-electron chi connectivity index (χ4n) is 1.87. The summed E-state index contributed by atoms with van der Waals surface area (Å²) in [6.45, 7) is 0.466. The van der Waals surface area contributed by atoms with Crippen molar-refractivity contribution in [3.63, 3.8) is 0 Å². The molecule has 0 radical (unpaired) electrons. The molecule has 0 saturated heterocycles. The zero-order valence-corrected chi connectivity index (χ0v) is 11.4. The van der Waals surface area contributed by atoms with E-state index in [4.69, 9.17) is 5.73 Å². The predicted octanol–water partition coefficient (Wildman–Crippen LogP) is 2.20. The lowest BCUT2D eigenvalue weighted by Gasteiger charge is -2.04. The Morgan fingerprint density at radius 2 is 1.95 bits per heavy atom. The van der Waals surface area contributed by atoms with Crippen LogP contribution in [0.15, 0.2) is 42.7 Å². The molecule has 2 heterocycles. The number of carbonyl (C=O) groups is 1. The number of benzene rings is 1. The van der Waals surface area contributed by atoms with E-state index in [1.807, 2.05) is 30.3 Å². The van der Waals surface area contributed by atoms with Crippen molar-refractivity contribution in [2.24, 2.45) is 0 Å². The molecular formula is C14H12N4OS. The van der Waals surface area contributed by atoms with Crippen LogP contribution in [-0.2, 0) is 6.54 Å². The summed E-state index contributed by atoms with van der Waals surface area (Å²) in [5.74, 6) is -0.198. The summed E-state index contributed by atoms with van der Waals surface area (Å²) >= 11 is 1.26. The van der Waals surface area contributed by atoms with E-state index in [1.54, 1.807) is 12.4 Å². The number of nitrogens with zero attached hydrogens (tertiary/aromatic N) is 2. The Labute approximate surface area is 119 Å². The monoisotopic (exact) mass is 284 g/mol. The topological polar surface area (TPSA) is 80.9 Å². The molecule has 1 amide bonds. The van der Waals surface area contributed by atoms with Gasteiger partial charge in [0.15, 0.2) is 0 Å². The molecular weight excluding hydrogens is 272 g/mol. The van der Waals surface area contributed by atoms with Gasteiger partial charge in [-0.25, -0.2) is 9.97 Å². The summed E-state index contributed by atoms with van der Waals surface area (Å²) in [6, 6.07) is 9.72. The minimum absolute atomic E-state index is 0.198. The first-order valence-electron chi connectivity index (χ1n) is 6.07. The van der Waals surface area contributed by atoms with Crippen LogP contribution in [0, 0.1) is 0 Å². The SMILES string of the molecule is Nc1c(C(=O)NCc2ccccc2)sc2nccnc12. The number of nitrogen functional groups attached to an aromatic ring is 1. The number of thiophene rings is 1. The van der Waals surface area contributed by atoms with Crippen LogP contribution in [0.5, 0.6) is 0 Å². The van der Waals surface area contributed by atoms with E-state index in [9.17, 15) is 4.79 Å². The molecule has 0 aliphatic heterocycles. The predicted molar refractivity (Wildman–Crippen MR) is 79.4 cm³/mol. The molecule has 0 fully saturated rings. The van der Waals surface area contributed by atoms with Crippen LogP contribution < -0.4 is 11.1 Å². The maximum atomic E-state index is 12.2. The molecule has 0 aliphatic carbocycles. The van der Waals surface area contributed by atoms with Gasteiger partial charge in [-0.1, -0.05) is 30.3 Å². The van der Waals surface area contributed by atoms with Gasteiger partial charge in [-0.15, -0.1) is 11.3 Å². The molecule has 1 aromatic carbocycles. The summed E-state index contributed by atoms with van der Waals surface area (Å²) in [5, 5.41) is 2.85. The number of anilines is 1. The van der Waals surface area contributed by atoms with Crippen LogP contribution in [-0.4, -0.2) is 15.9 Å². The Balaban J connectivity index is 1.81. The Bertz CT molecular complexity index is 754. The first kappa shape index (κ1) is 12.6. The van der Waals surface area contributed by atoms with Crippen molar-refractivity contribution in [3.8, 4) is 0 Å². The Hall–Kier alpha value is -2.47. The van der Waals surface area contributed by atoms with Crippen molar-refractivity contribution >= 4 is 33.3 Å². The van der Waals surface area contributed by atoms with Crippen molar-refractivity contribution in [2.75, 3.05) is 5.73 Å². The second-order valence-electron chi connectivity index (χ2n) is 4.22. The van der Waals surface area contributed by atoms with Gasteiger partial charge in [-0.05, 0) is 5.56 Å². The Morgan fingerprint density at radius 1 is 1.20 bits per heavy atom. The minimum atomic E-state index is -0.198. The first-order valence-corrected chi connectivity index (χ1v) is 6.88. The van der Waals surface area contributed by atoms with E-state index in [-0.39, 0.29) is 5.91 Å². The molecule has 0 unspecified atom stereocenters. The highest BCUT2D eigenvalue weighted by Crippen LogP contribution is 2.30. The second-order valence-corrected chi connectivity index (χ2v) is 5.22. The lowest BCUT2D eigenvalue weighted by Crippen LogP contribution is -2.22. The molecule has 6 heteroatoms. The molecule has 3 aromatic rings. The zero-order valence-electron chi connectivity index (χ0n) is 10.5. The molecule has 3 rings (SSSR count). The average Bonchev–Trinajstić information content (AvgIpc) is 2.84. The average molecular weight is 284 g/mol. The number of aromatic nitrogens is 2. The third-order valence-corrected chi connectivity index (χ3v) is 3.97. The van der Waals surface area contributed by atoms with Crippen molar-refractivity contribution < 1.29 is 4.79 Å². The highest BCUT2D eigenvalue weighted by Gasteiger charge is 2.17. The van der Waals surface area contributed by atoms with Gasteiger partial charge in [0, 0.05) is 18.9 Å². The van der Waals surface area contributed by atoms with E-state index in [1.165, 1.54) is 11.3 Å². The van der Waals surface area contributed by atoms with Crippen molar-refractivity contribution in [1.29, 1.82) is 0 Å². The number of hydrogen-bond acceptors (Lipinski definition) is 5. The Kier molecular flexibility index (Phi) is 3.30. The van der Waals surface area contributed by atoms with Gasteiger partial charge < -0.3 is 11.1 Å². The summed E-state index contributed by atoms with van der Waals surface area (Å²) in [6.07, 6.45) is 3.15. The number of nitrogens with one attached hydrogen (secondary N) is 1. The standard InChI is InChI=1S/C14H12N4OS/c15-10-11-14(17-7-6-16-11)20-12(10)13(19)18-8-9-4-2-1-3-5-9/h1-7H,8,15H2,(H,18,19). The minimum Gasteiger partial charge on any atom is -0.396 e. The lowest BCUT2D eigenvalue weighted by molar-refractivity contribution is 0.0956. The molecule has 0 saturated carbocycles. The molecule has 0 atom stereocenters. The number of carbonyl (C=O) groups excluding carboxylic acids is 1. The summed E-state index contributed by atoms with van der Waals surface area (Å²) in [5.41, 5.74) is 7.97. The van der Waals surface area contributed by atoms with Gasteiger partial charge in [0.1, 0.15) is 15.2 Å². The van der Waals surface area contributed by atoms with E-state index >= 15 is 0 Å². The molecule has 3 N–H and O–H groups in total. The number of rotatable bonds is 3. The molecule has 0 spiro atoms. The van der Waals surface area contributed by atoms with Gasteiger partial charge >= 0.3 is 0 Å². The van der Waals surface area contributed by atoms with Crippen LogP contribution in [0.1, 0.15) is 15.2 Å². The van der Waals surface area contributed by atoms with Gasteiger partial charge in [0.25, 0.3) is 5.91 Å². The zero-order chi connectivity index (χ0) is 13.9. The van der Waals surface area contributed by atoms with Crippen LogP contribution in [0.3, 0.4) is 0 Å². The number of nitrogens with two attached hydrogens (primary N) is 1. The summed E-state index contributed by atoms with van der Waals surface area (Å²) in [4.78, 5) is 21.6. The van der Waals surface area contributed by atoms with Crippen molar-refractivity contribution in [3.05, 3.63) is 53.2 Å². The first-order chi connectivity index (χ1) is 9.75. The maximum Gasteiger partial charge on any atom is 0.263 e. The van der Waals surface area contributed by atoms with Crippen LogP contribution in [0.4, 0.5) is 5.69 Å². The van der Waals surface area contributed by atoms with Crippen LogP contribution >= 0.6 is 11.3 Å². The summed E-state index contributed by atoms with van der Waals surface area (Å²) in [7, 11) is 0. The van der Waals surface area contributed by atoms with Crippen LogP contribution in [0.25, 0.3) is 10.3 Å². The maximum absolute atomic E-state index is 12.2. The molecule has 20 heavy (non-hydrogen) atoms. The Morgan fingerprint density at radius 3 is 2.70 bits per heavy atom. The number of hydrogen-bond donors (Lipinski definition) is 2. The van der Waals surface area contributed by atoms with Gasteiger partial charge in [-0.2, -0.15) is 0 Å². The quantitative estimate of drug-likeness (QED) is 0.772. The smallest absolute Gasteiger partial charge is 0.263 e. The van der Waals surface area contributed by atoms with E-state index in [0.29, 0.717) is 27.5 Å². The van der Waals surface area contributed by atoms with Gasteiger partial charge in [-0.3, -0.25) is 4.79 Å². The molecule has 0 bridgehead atoms. The van der Waals surface area contributed by atoms with Gasteiger partial charge in [0.05, 0.1) is 5.69 Å². The normalized spacial score (nSPS) is 10.6. The summed E-state index contributed by atoms with van der Waals surface area (Å²) < 4.78 is 0. The third kappa shape index (κ3) is 2.33. The molecule has 5 nitrogen and oxygen atoms in total. The molecule has 2 aromatic heterocycles. The fourth-order valence-corrected chi connectivity index (χ4v) is 2.81. The third-order valence-electron chi connectivity index (χ3n) is 2.87. The second kappa shape index (κ2) is 5.26.